The van der Waals surface area contributed by atoms with Crippen LogP contribution in [0.5, 0.6) is 0 Å². The highest BCUT2D eigenvalue weighted by atomic mass is 79.9. The second kappa shape index (κ2) is 4.54. The standard InChI is InChI=1S/C15H17BrO2/c1-15(2,3)13-11(14(17)18)7-5-9-4-6-10(16)8-12(9)13/h4,6,8H,5,7H2,1-3H3,(H,17,18). The van der Waals surface area contributed by atoms with Crippen LogP contribution in [0.3, 0.4) is 0 Å². The molecule has 1 aromatic carbocycles. The Morgan fingerprint density at radius 2 is 1.94 bits per heavy atom. The maximum atomic E-state index is 11.4. The normalized spacial score (nSPS) is 15.6. The maximum absolute atomic E-state index is 11.4. The van der Waals surface area contributed by atoms with Crippen molar-refractivity contribution in [3.05, 3.63) is 39.4 Å². The molecule has 0 aromatic heterocycles. The minimum Gasteiger partial charge on any atom is -0.478 e. The fraction of sp³-hybridized carbons (Fsp3) is 0.400. The molecule has 0 heterocycles. The molecule has 1 aliphatic carbocycles. The van der Waals surface area contributed by atoms with Crippen LogP contribution in [0.4, 0.5) is 0 Å². The Kier molecular flexibility index (Phi) is 3.37. The minimum atomic E-state index is -0.787. The number of aliphatic carboxylic acids is 1. The molecule has 0 saturated heterocycles. The van der Waals surface area contributed by atoms with E-state index in [1.54, 1.807) is 0 Å². The number of carboxylic acid groups (broad SMARTS) is 1. The van der Waals surface area contributed by atoms with E-state index in [1.807, 2.05) is 12.1 Å². The molecule has 0 spiro atoms. The van der Waals surface area contributed by atoms with Crippen molar-refractivity contribution in [1.82, 2.24) is 0 Å². The molecule has 0 radical (unpaired) electrons. The lowest BCUT2D eigenvalue weighted by atomic mass is 9.73. The van der Waals surface area contributed by atoms with Crippen LogP contribution in [-0.4, -0.2) is 11.1 Å². The van der Waals surface area contributed by atoms with Gasteiger partial charge in [0, 0.05) is 10.0 Å². The predicted octanol–water partition coefficient (Wildman–Crippen LogP) is 4.28. The van der Waals surface area contributed by atoms with Gasteiger partial charge in [0.15, 0.2) is 0 Å². The van der Waals surface area contributed by atoms with Crippen molar-refractivity contribution in [2.24, 2.45) is 5.41 Å². The minimum absolute atomic E-state index is 0.163. The molecule has 0 saturated carbocycles. The van der Waals surface area contributed by atoms with Gasteiger partial charge >= 0.3 is 5.97 Å². The summed E-state index contributed by atoms with van der Waals surface area (Å²) >= 11 is 3.47. The van der Waals surface area contributed by atoms with Crippen molar-refractivity contribution in [2.75, 3.05) is 0 Å². The van der Waals surface area contributed by atoms with Gasteiger partial charge in [0.05, 0.1) is 0 Å². The van der Waals surface area contributed by atoms with Gasteiger partial charge < -0.3 is 5.11 Å². The highest BCUT2D eigenvalue weighted by molar-refractivity contribution is 9.10. The third-order valence-electron chi connectivity index (χ3n) is 3.30. The Morgan fingerprint density at radius 3 is 2.50 bits per heavy atom. The summed E-state index contributed by atoms with van der Waals surface area (Å²) in [5.74, 6) is -0.787. The number of rotatable bonds is 1. The zero-order valence-electron chi connectivity index (χ0n) is 10.9. The maximum Gasteiger partial charge on any atom is 0.331 e. The van der Waals surface area contributed by atoms with E-state index < -0.39 is 5.97 Å². The van der Waals surface area contributed by atoms with Gasteiger partial charge in [-0.3, -0.25) is 0 Å². The van der Waals surface area contributed by atoms with Crippen molar-refractivity contribution in [1.29, 1.82) is 0 Å². The van der Waals surface area contributed by atoms with Gasteiger partial charge in [0.2, 0.25) is 0 Å². The Bertz CT molecular complexity index is 536. The number of benzene rings is 1. The van der Waals surface area contributed by atoms with Crippen molar-refractivity contribution < 1.29 is 9.90 Å². The van der Waals surface area contributed by atoms with E-state index in [1.165, 1.54) is 5.56 Å². The van der Waals surface area contributed by atoms with E-state index >= 15 is 0 Å². The Morgan fingerprint density at radius 1 is 1.28 bits per heavy atom. The molecule has 0 amide bonds. The van der Waals surface area contributed by atoms with Gasteiger partial charge in [-0.15, -0.1) is 0 Å². The van der Waals surface area contributed by atoms with Crippen LogP contribution in [0.25, 0.3) is 5.57 Å². The average Bonchev–Trinajstić information content (AvgIpc) is 2.25. The molecule has 0 fully saturated rings. The second-order valence-electron chi connectivity index (χ2n) is 5.71. The first-order chi connectivity index (χ1) is 8.30. The second-order valence-corrected chi connectivity index (χ2v) is 6.63. The van der Waals surface area contributed by atoms with Crippen molar-refractivity contribution in [2.45, 2.75) is 33.6 Å². The zero-order chi connectivity index (χ0) is 13.5. The molecule has 1 aromatic rings. The topological polar surface area (TPSA) is 37.3 Å². The molecule has 0 aliphatic heterocycles. The summed E-state index contributed by atoms with van der Waals surface area (Å²) in [5, 5.41) is 9.40. The number of halogens is 1. The SMILES string of the molecule is CC(C)(C)C1=C(C(=O)O)CCc2ccc(Br)cc21. The number of carboxylic acids is 1. The van der Waals surface area contributed by atoms with E-state index in [0.717, 1.165) is 22.0 Å². The van der Waals surface area contributed by atoms with E-state index in [9.17, 15) is 9.90 Å². The molecule has 1 N–H and O–H groups in total. The van der Waals surface area contributed by atoms with Gasteiger partial charge in [-0.25, -0.2) is 4.79 Å². The lowest BCUT2D eigenvalue weighted by Crippen LogP contribution is -2.20. The van der Waals surface area contributed by atoms with Crippen LogP contribution in [0.15, 0.2) is 28.2 Å². The molecule has 2 rings (SSSR count). The highest BCUT2D eigenvalue weighted by Crippen LogP contribution is 2.43. The van der Waals surface area contributed by atoms with Gasteiger partial charge in [-0.1, -0.05) is 42.8 Å². The summed E-state index contributed by atoms with van der Waals surface area (Å²) in [6.45, 7) is 6.21. The summed E-state index contributed by atoms with van der Waals surface area (Å²) in [7, 11) is 0. The number of hydrogen-bond donors (Lipinski definition) is 1. The molecule has 0 unspecified atom stereocenters. The predicted molar refractivity (Wildman–Crippen MR) is 76.5 cm³/mol. The Balaban J connectivity index is 2.72. The van der Waals surface area contributed by atoms with Gasteiger partial charge in [-0.2, -0.15) is 0 Å². The third kappa shape index (κ3) is 2.37. The molecule has 3 heteroatoms. The van der Waals surface area contributed by atoms with Crippen molar-refractivity contribution >= 4 is 27.5 Å². The van der Waals surface area contributed by atoms with Crippen LogP contribution >= 0.6 is 15.9 Å². The molecule has 96 valence electrons. The number of hydrogen-bond acceptors (Lipinski definition) is 1. The van der Waals surface area contributed by atoms with Crippen LogP contribution in [0.1, 0.15) is 38.3 Å². The number of fused-ring (bicyclic) bond motifs is 1. The summed E-state index contributed by atoms with van der Waals surface area (Å²) in [4.78, 5) is 11.4. The lowest BCUT2D eigenvalue weighted by Gasteiger charge is -2.31. The largest absolute Gasteiger partial charge is 0.478 e. The van der Waals surface area contributed by atoms with Gasteiger partial charge in [0.1, 0.15) is 0 Å². The van der Waals surface area contributed by atoms with Crippen molar-refractivity contribution in [3.63, 3.8) is 0 Å². The molecule has 2 nitrogen and oxygen atoms in total. The monoisotopic (exact) mass is 308 g/mol. The third-order valence-corrected chi connectivity index (χ3v) is 3.79. The van der Waals surface area contributed by atoms with Crippen molar-refractivity contribution in [3.8, 4) is 0 Å². The summed E-state index contributed by atoms with van der Waals surface area (Å²) in [5.41, 5.74) is 3.70. The number of carbonyl (C=O) groups is 1. The smallest absolute Gasteiger partial charge is 0.331 e. The fourth-order valence-corrected chi connectivity index (χ4v) is 2.98. The van der Waals surface area contributed by atoms with Crippen LogP contribution < -0.4 is 0 Å². The highest BCUT2D eigenvalue weighted by Gasteiger charge is 2.30. The summed E-state index contributed by atoms with van der Waals surface area (Å²) < 4.78 is 0.995. The quantitative estimate of drug-likeness (QED) is 0.840. The Hall–Kier alpha value is -1.09. The molecule has 18 heavy (non-hydrogen) atoms. The molecule has 0 atom stereocenters. The van der Waals surface area contributed by atoms with Crippen LogP contribution in [0, 0.1) is 5.41 Å². The van der Waals surface area contributed by atoms with Gasteiger partial charge in [0.25, 0.3) is 0 Å². The molecule has 0 bridgehead atoms. The molecular weight excluding hydrogens is 292 g/mol. The van der Waals surface area contributed by atoms with Gasteiger partial charge in [-0.05, 0) is 47.1 Å². The molecule has 1 aliphatic rings. The lowest BCUT2D eigenvalue weighted by molar-refractivity contribution is -0.132. The van der Waals surface area contributed by atoms with E-state index in [-0.39, 0.29) is 5.41 Å². The zero-order valence-corrected chi connectivity index (χ0v) is 12.5. The summed E-state index contributed by atoms with van der Waals surface area (Å²) in [6.07, 6.45) is 1.43. The van der Waals surface area contributed by atoms with E-state index in [0.29, 0.717) is 12.0 Å². The Labute approximate surface area is 116 Å². The van der Waals surface area contributed by atoms with E-state index in [2.05, 4.69) is 42.8 Å². The number of allylic oxidation sites excluding steroid dienone is 1. The molecular formula is C15H17BrO2. The first kappa shape index (κ1) is 13.3. The first-order valence-corrected chi connectivity index (χ1v) is 6.85. The fourth-order valence-electron chi connectivity index (χ4n) is 2.62. The van der Waals surface area contributed by atoms with Crippen LogP contribution in [-0.2, 0) is 11.2 Å². The van der Waals surface area contributed by atoms with Crippen LogP contribution in [0.2, 0.25) is 0 Å². The average molecular weight is 309 g/mol. The number of aryl methyl sites for hydroxylation is 1. The summed E-state index contributed by atoms with van der Waals surface area (Å²) in [6, 6.07) is 6.15. The first-order valence-electron chi connectivity index (χ1n) is 6.06. The van der Waals surface area contributed by atoms with E-state index in [4.69, 9.17) is 0 Å².